The Bertz CT molecular complexity index is 857. The van der Waals surface area contributed by atoms with Gasteiger partial charge in [0.05, 0.1) is 17.8 Å². The fourth-order valence-corrected chi connectivity index (χ4v) is 3.65. The maximum Gasteiger partial charge on any atom is 0.257 e. The van der Waals surface area contributed by atoms with Crippen molar-refractivity contribution in [1.82, 2.24) is 20.0 Å². The molecule has 2 heterocycles. The number of likely N-dealkylation sites (tertiary alicyclic amines) is 1. The summed E-state index contributed by atoms with van der Waals surface area (Å²) < 4.78 is 7.77. The summed E-state index contributed by atoms with van der Waals surface area (Å²) in [6.07, 6.45) is 3.55. The van der Waals surface area contributed by atoms with Crippen LogP contribution in [0.15, 0.2) is 30.5 Å². The van der Waals surface area contributed by atoms with E-state index < -0.39 is 0 Å². The molecule has 156 valence electrons. The first kappa shape index (κ1) is 20.9. The molecule has 1 aliphatic heterocycles. The van der Waals surface area contributed by atoms with Gasteiger partial charge in [0.2, 0.25) is 0 Å². The van der Waals surface area contributed by atoms with E-state index in [0.29, 0.717) is 23.5 Å². The van der Waals surface area contributed by atoms with Gasteiger partial charge in [-0.25, -0.2) is 0 Å². The highest BCUT2D eigenvalue weighted by molar-refractivity contribution is 5.95. The first-order valence-electron chi connectivity index (χ1n) is 10.3. The molecule has 1 N–H and O–H groups in total. The van der Waals surface area contributed by atoms with Gasteiger partial charge < -0.3 is 15.0 Å². The van der Waals surface area contributed by atoms with Crippen LogP contribution in [0.3, 0.4) is 0 Å². The van der Waals surface area contributed by atoms with Crippen LogP contribution in [0.5, 0.6) is 5.75 Å². The molecule has 3 rings (SSSR count). The molecule has 2 aromatic rings. The highest BCUT2D eigenvalue weighted by Crippen LogP contribution is 2.23. The van der Waals surface area contributed by atoms with Gasteiger partial charge in [-0.3, -0.25) is 14.3 Å². The van der Waals surface area contributed by atoms with Crippen molar-refractivity contribution in [3.63, 3.8) is 0 Å². The number of amides is 2. The number of hydrogen-bond donors (Lipinski definition) is 1. The minimum Gasteiger partial charge on any atom is -0.491 e. The number of carbonyl (C=O) groups excluding carboxylic acids is 2. The van der Waals surface area contributed by atoms with Gasteiger partial charge in [0.15, 0.2) is 0 Å². The van der Waals surface area contributed by atoms with Crippen molar-refractivity contribution in [2.24, 2.45) is 0 Å². The molecule has 0 aliphatic carbocycles. The number of hydrogen-bond acceptors (Lipinski definition) is 4. The summed E-state index contributed by atoms with van der Waals surface area (Å²) in [5.74, 6) is 0.622. The summed E-state index contributed by atoms with van der Waals surface area (Å²) in [7, 11) is 0. The quantitative estimate of drug-likeness (QED) is 0.778. The Kier molecular flexibility index (Phi) is 6.56. The van der Waals surface area contributed by atoms with Crippen LogP contribution < -0.4 is 10.1 Å². The molecule has 1 aromatic carbocycles. The molecular weight excluding hydrogens is 368 g/mol. The number of nitrogens with one attached hydrogen (secondary N) is 1. The molecule has 29 heavy (non-hydrogen) atoms. The molecule has 1 aromatic heterocycles. The van der Waals surface area contributed by atoms with Crippen LogP contribution in [0.1, 0.15) is 60.0 Å². The van der Waals surface area contributed by atoms with Crippen molar-refractivity contribution < 1.29 is 14.3 Å². The fraction of sp³-hybridized carbons (Fsp3) is 0.500. The summed E-state index contributed by atoms with van der Waals surface area (Å²) in [4.78, 5) is 26.9. The van der Waals surface area contributed by atoms with Gasteiger partial charge in [0.25, 0.3) is 11.8 Å². The van der Waals surface area contributed by atoms with E-state index in [1.807, 2.05) is 37.3 Å². The molecule has 2 amide bonds. The number of nitrogens with zero attached hydrogens (tertiary/aromatic N) is 3. The van der Waals surface area contributed by atoms with Crippen LogP contribution >= 0.6 is 0 Å². The SMILES string of the molecule is CCn1ncc(C(=O)N2CCCC2COc2ccc(C(=O)NC(C)C)cc2)c1C. The maximum atomic E-state index is 13.0. The summed E-state index contributed by atoms with van der Waals surface area (Å²) >= 11 is 0. The van der Waals surface area contributed by atoms with Crippen LogP contribution in [0.4, 0.5) is 0 Å². The Morgan fingerprint density at radius 3 is 2.62 bits per heavy atom. The van der Waals surface area contributed by atoms with E-state index in [0.717, 1.165) is 31.6 Å². The van der Waals surface area contributed by atoms with E-state index in [4.69, 9.17) is 4.74 Å². The number of aromatic nitrogens is 2. The third-order valence-corrected chi connectivity index (χ3v) is 5.25. The molecule has 0 radical (unpaired) electrons. The molecular formula is C22H30N4O3. The highest BCUT2D eigenvalue weighted by Gasteiger charge is 2.31. The molecule has 1 aliphatic rings. The zero-order valence-corrected chi connectivity index (χ0v) is 17.6. The Morgan fingerprint density at radius 1 is 1.28 bits per heavy atom. The van der Waals surface area contributed by atoms with Gasteiger partial charge in [-0.2, -0.15) is 5.10 Å². The van der Waals surface area contributed by atoms with Crippen molar-refractivity contribution in [1.29, 1.82) is 0 Å². The standard InChI is InChI=1S/C22H30N4O3/c1-5-26-16(4)20(13-23-26)22(28)25-12-6-7-18(25)14-29-19-10-8-17(9-11-19)21(27)24-15(2)3/h8-11,13,15,18H,5-7,12,14H2,1-4H3,(H,24,27). The number of aryl methyl sites for hydroxylation is 1. The topological polar surface area (TPSA) is 76.5 Å². The normalized spacial score (nSPS) is 16.3. The van der Waals surface area contributed by atoms with E-state index in [2.05, 4.69) is 10.4 Å². The Morgan fingerprint density at radius 2 is 2.00 bits per heavy atom. The second-order valence-electron chi connectivity index (χ2n) is 7.72. The van der Waals surface area contributed by atoms with Gasteiger partial charge in [0, 0.05) is 30.4 Å². The molecule has 0 bridgehead atoms. The highest BCUT2D eigenvalue weighted by atomic mass is 16.5. The first-order chi connectivity index (χ1) is 13.9. The van der Waals surface area contributed by atoms with Crippen LogP contribution in [-0.2, 0) is 6.54 Å². The number of carbonyl (C=O) groups is 2. The van der Waals surface area contributed by atoms with Gasteiger partial charge >= 0.3 is 0 Å². The fourth-order valence-electron chi connectivity index (χ4n) is 3.65. The van der Waals surface area contributed by atoms with E-state index in [1.165, 1.54) is 0 Å². The van der Waals surface area contributed by atoms with E-state index in [1.54, 1.807) is 30.5 Å². The predicted octanol–water partition coefficient (Wildman–Crippen LogP) is 3.03. The number of ether oxygens (including phenoxy) is 1. The molecule has 1 atom stereocenters. The van der Waals surface area contributed by atoms with Crippen LogP contribution in [-0.4, -0.2) is 51.7 Å². The van der Waals surface area contributed by atoms with Gasteiger partial charge in [-0.15, -0.1) is 0 Å². The maximum absolute atomic E-state index is 13.0. The molecule has 7 heteroatoms. The second kappa shape index (κ2) is 9.11. The summed E-state index contributed by atoms with van der Waals surface area (Å²) in [6, 6.07) is 7.24. The molecule has 1 saturated heterocycles. The predicted molar refractivity (Wildman–Crippen MR) is 111 cm³/mol. The molecule has 1 unspecified atom stereocenters. The molecule has 1 fully saturated rings. The zero-order chi connectivity index (χ0) is 21.0. The molecule has 0 spiro atoms. The molecule has 7 nitrogen and oxygen atoms in total. The first-order valence-corrected chi connectivity index (χ1v) is 10.3. The van der Waals surface area contributed by atoms with Crippen LogP contribution in [0.2, 0.25) is 0 Å². The number of benzene rings is 1. The lowest BCUT2D eigenvalue weighted by molar-refractivity contribution is 0.0690. The van der Waals surface area contributed by atoms with Gasteiger partial charge in [-0.1, -0.05) is 0 Å². The van der Waals surface area contributed by atoms with E-state index in [9.17, 15) is 9.59 Å². The van der Waals surface area contributed by atoms with Crippen molar-refractivity contribution in [3.05, 3.63) is 47.3 Å². The van der Waals surface area contributed by atoms with Crippen LogP contribution in [0, 0.1) is 6.92 Å². The smallest absolute Gasteiger partial charge is 0.257 e. The van der Waals surface area contributed by atoms with E-state index in [-0.39, 0.29) is 23.9 Å². The lowest BCUT2D eigenvalue weighted by Gasteiger charge is -2.24. The summed E-state index contributed by atoms with van der Waals surface area (Å²) in [5.41, 5.74) is 2.17. The third-order valence-electron chi connectivity index (χ3n) is 5.25. The van der Waals surface area contributed by atoms with Crippen molar-refractivity contribution >= 4 is 11.8 Å². The zero-order valence-electron chi connectivity index (χ0n) is 17.6. The van der Waals surface area contributed by atoms with E-state index >= 15 is 0 Å². The Hall–Kier alpha value is -2.83. The average molecular weight is 399 g/mol. The second-order valence-corrected chi connectivity index (χ2v) is 7.72. The number of rotatable bonds is 7. The lowest BCUT2D eigenvalue weighted by atomic mass is 10.2. The van der Waals surface area contributed by atoms with Crippen molar-refractivity contribution in [2.45, 2.75) is 59.2 Å². The molecule has 0 saturated carbocycles. The summed E-state index contributed by atoms with van der Waals surface area (Å²) in [5, 5.41) is 7.16. The minimum atomic E-state index is -0.0953. The Balaban J connectivity index is 1.60. The van der Waals surface area contributed by atoms with Gasteiger partial charge in [0.1, 0.15) is 12.4 Å². The minimum absolute atomic E-state index is 0.0222. The monoisotopic (exact) mass is 398 g/mol. The lowest BCUT2D eigenvalue weighted by Crippen LogP contribution is -2.39. The average Bonchev–Trinajstić information content (AvgIpc) is 3.32. The van der Waals surface area contributed by atoms with Crippen LogP contribution in [0.25, 0.3) is 0 Å². The Labute approximate surface area is 172 Å². The largest absolute Gasteiger partial charge is 0.491 e. The van der Waals surface area contributed by atoms with Gasteiger partial charge in [-0.05, 0) is 64.8 Å². The van der Waals surface area contributed by atoms with Crippen molar-refractivity contribution in [3.8, 4) is 5.75 Å². The third kappa shape index (κ3) is 4.78. The summed E-state index contributed by atoms with van der Waals surface area (Å²) in [6.45, 7) is 9.72. The van der Waals surface area contributed by atoms with Crippen molar-refractivity contribution in [2.75, 3.05) is 13.2 Å².